The van der Waals surface area contributed by atoms with Crippen LogP contribution in [-0.4, -0.2) is 54.8 Å². The van der Waals surface area contributed by atoms with Gasteiger partial charge in [0.25, 0.3) is 5.91 Å². The second-order valence-corrected chi connectivity index (χ2v) is 5.86. The summed E-state index contributed by atoms with van der Waals surface area (Å²) in [6, 6.07) is 8.21. The normalized spacial score (nSPS) is 16.1. The van der Waals surface area contributed by atoms with Gasteiger partial charge >= 0.3 is 0 Å². The summed E-state index contributed by atoms with van der Waals surface area (Å²) in [6.07, 6.45) is 0. The molecule has 2 aromatic rings. The van der Waals surface area contributed by atoms with Crippen molar-refractivity contribution in [3.8, 4) is 0 Å². The van der Waals surface area contributed by atoms with Gasteiger partial charge in [-0.05, 0) is 25.1 Å². The van der Waals surface area contributed by atoms with Crippen LogP contribution >= 0.6 is 0 Å². The minimum Gasteiger partial charge on any atom is -0.379 e. The number of aromatic nitrogens is 1. The Labute approximate surface area is 130 Å². The number of amides is 1. The molecule has 0 spiro atoms. The van der Waals surface area contributed by atoms with Gasteiger partial charge in [-0.3, -0.25) is 9.69 Å². The van der Waals surface area contributed by atoms with Crippen molar-refractivity contribution in [1.82, 2.24) is 14.8 Å². The smallest absolute Gasteiger partial charge is 0.267 e. The second kappa shape index (κ2) is 6.50. The van der Waals surface area contributed by atoms with Gasteiger partial charge in [-0.15, -0.1) is 0 Å². The number of carbonyl (C=O) groups is 1. The standard InChI is InChI=1S/C17H23N3O2/c1-13-3-4-15-14(11-13)12-16(19(15)2)17(21)18-5-6-20-7-9-22-10-8-20/h3-4,11-12H,5-10H2,1-2H3,(H,18,21). The van der Waals surface area contributed by atoms with Gasteiger partial charge in [-0.25, -0.2) is 0 Å². The summed E-state index contributed by atoms with van der Waals surface area (Å²) in [4.78, 5) is 14.7. The number of morpholine rings is 1. The first kappa shape index (κ1) is 15.1. The molecule has 1 N–H and O–H groups in total. The van der Waals surface area contributed by atoms with Crippen LogP contribution in [0.5, 0.6) is 0 Å². The number of benzene rings is 1. The van der Waals surface area contributed by atoms with Crippen LogP contribution in [0.3, 0.4) is 0 Å². The van der Waals surface area contributed by atoms with E-state index in [4.69, 9.17) is 4.74 Å². The van der Waals surface area contributed by atoms with Crippen molar-refractivity contribution in [2.45, 2.75) is 6.92 Å². The van der Waals surface area contributed by atoms with Gasteiger partial charge in [0.05, 0.1) is 13.2 Å². The van der Waals surface area contributed by atoms with E-state index in [9.17, 15) is 4.79 Å². The zero-order chi connectivity index (χ0) is 15.5. The van der Waals surface area contributed by atoms with E-state index in [2.05, 4.69) is 35.3 Å². The number of ether oxygens (including phenoxy) is 1. The van der Waals surface area contributed by atoms with Gasteiger partial charge in [0, 0.05) is 44.1 Å². The highest BCUT2D eigenvalue weighted by molar-refractivity contribution is 5.98. The first-order valence-corrected chi connectivity index (χ1v) is 7.79. The molecule has 1 aromatic heterocycles. The molecule has 1 saturated heterocycles. The predicted molar refractivity (Wildman–Crippen MR) is 87.2 cm³/mol. The second-order valence-electron chi connectivity index (χ2n) is 5.86. The maximum atomic E-state index is 12.4. The molecule has 0 unspecified atom stereocenters. The number of hydrogen-bond acceptors (Lipinski definition) is 3. The fourth-order valence-electron chi connectivity index (χ4n) is 2.93. The van der Waals surface area contributed by atoms with Gasteiger partial charge in [0.2, 0.25) is 0 Å². The first-order valence-electron chi connectivity index (χ1n) is 7.79. The monoisotopic (exact) mass is 301 g/mol. The maximum absolute atomic E-state index is 12.4. The van der Waals surface area contributed by atoms with Crippen molar-refractivity contribution >= 4 is 16.8 Å². The zero-order valence-electron chi connectivity index (χ0n) is 13.3. The van der Waals surface area contributed by atoms with Crippen LogP contribution in [0.4, 0.5) is 0 Å². The molecule has 1 aliphatic heterocycles. The van der Waals surface area contributed by atoms with Crippen LogP contribution in [0.15, 0.2) is 24.3 Å². The van der Waals surface area contributed by atoms with Gasteiger partial charge < -0.3 is 14.6 Å². The molecule has 0 bridgehead atoms. The number of hydrogen-bond donors (Lipinski definition) is 1. The Kier molecular flexibility index (Phi) is 4.45. The minimum absolute atomic E-state index is 0.00962. The summed E-state index contributed by atoms with van der Waals surface area (Å²) >= 11 is 0. The minimum atomic E-state index is -0.00962. The Morgan fingerprint density at radius 1 is 1.27 bits per heavy atom. The van der Waals surface area contributed by atoms with Crippen molar-refractivity contribution < 1.29 is 9.53 Å². The van der Waals surface area contributed by atoms with Crippen LogP contribution in [0.1, 0.15) is 16.1 Å². The van der Waals surface area contributed by atoms with E-state index in [-0.39, 0.29) is 5.91 Å². The summed E-state index contributed by atoms with van der Waals surface area (Å²) in [5.41, 5.74) is 3.00. The Morgan fingerprint density at radius 3 is 2.82 bits per heavy atom. The van der Waals surface area contributed by atoms with Crippen LogP contribution in [0.2, 0.25) is 0 Å². The molecule has 1 aliphatic rings. The average molecular weight is 301 g/mol. The summed E-state index contributed by atoms with van der Waals surface area (Å²) in [5.74, 6) is -0.00962. The molecular formula is C17H23N3O2. The quantitative estimate of drug-likeness (QED) is 0.932. The molecule has 5 nitrogen and oxygen atoms in total. The Balaban J connectivity index is 1.63. The Morgan fingerprint density at radius 2 is 2.05 bits per heavy atom. The van der Waals surface area contributed by atoms with Crippen molar-refractivity contribution in [2.75, 3.05) is 39.4 Å². The number of nitrogens with zero attached hydrogens (tertiary/aromatic N) is 2. The summed E-state index contributed by atoms with van der Waals surface area (Å²) < 4.78 is 7.28. The maximum Gasteiger partial charge on any atom is 0.267 e. The molecule has 0 radical (unpaired) electrons. The van der Waals surface area contributed by atoms with Gasteiger partial charge in [-0.2, -0.15) is 0 Å². The van der Waals surface area contributed by atoms with Crippen LogP contribution in [0.25, 0.3) is 10.9 Å². The molecule has 0 aliphatic carbocycles. The predicted octanol–water partition coefficient (Wildman–Crippen LogP) is 1.55. The van der Waals surface area contributed by atoms with E-state index in [1.165, 1.54) is 5.56 Å². The Bertz CT molecular complexity index is 672. The van der Waals surface area contributed by atoms with Crippen molar-refractivity contribution in [3.05, 3.63) is 35.5 Å². The lowest BCUT2D eigenvalue weighted by Crippen LogP contribution is -2.41. The largest absolute Gasteiger partial charge is 0.379 e. The lowest BCUT2D eigenvalue weighted by molar-refractivity contribution is 0.0383. The van der Waals surface area contributed by atoms with Crippen LogP contribution in [0, 0.1) is 6.92 Å². The number of rotatable bonds is 4. The Hall–Kier alpha value is -1.85. The van der Waals surface area contributed by atoms with Gasteiger partial charge in [0.15, 0.2) is 0 Å². The number of aryl methyl sites for hydroxylation is 2. The van der Waals surface area contributed by atoms with Crippen molar-refractivity contribution in [3.63, 3.8) is 0 Å². The molecule has 5 heteroatoms. The SMILES string of the molecule is Cc1ccc2c(c1)cc(C(=O)NCCN1CCOCC1)n2C. The summed E-state index contributed by atoms with van der Waals surface area (Å²) in [6.45, 7) is 7.07. The third-order valence-corrected chi connectivity index (χ3v) is 4.25. The topological polar surface area (TPSA) is 46.5 Å². The lowest BCUT2D eigenvalue weighted by Gasteiger charge is -2.26. The molecule has 118 valence electrons. The first-order chi connectivity index (χ1) is 10.6. The van der Waals surface area contributed by atoms with Crippen molar-refractivity contribution in [1.29, 1.82) is 0 Å². The molecule has 1 aromatic carbocycles. The molecule has 3 rings (SSSR count). The van der Waals surface area contributed by atoms with Crippen LogP contribution < -0.4 is 5.32 Å². The zero-order valence-corrected chi connectivity index (χ0v) is 13.3. The van der Waals surface area contributed by atoms with E-state index in [0.29, 0.717) is 12.2 Å². The van der Waals surface area contributed by atoms with E-state index >= 15 is 0 Å². The molecular weight excluding hydrogens is 278 g/mol. The molecule has 2 heterocycles. The number of nitrogens with one attached hydrogen (secondary N) is 1. The van der Waals surface area contributed by atoms with Crippen molar-refractivity contribution in [2.24, 2.45) is 7.05 Å². The highest BCUT2D eigenvalue weighted by Crippen LogP contribution is 2.20. The van der Waals surface area contributed by atoms with E-state index in [1.807, 2.05) is 17.7 Å². The van der Waals surface area contributed by atoms with Crippen LogP contribution in [-0.2, 0) is 11.8 Å². The molecule has 1 amide bonds. The molecule has 0 atom stereocenters. The third kappa shape index (κ3) is 3.15. The van der Waals surface area contributed by atoms with E-state index < -0.39 is 0 Å². The third-order valence-electron chi connectivity index (χ3n) is 4.25. The van der Waals surface area contributed by atoms with Gasteiger partial charge in [0.1, 0.15) is 5.69 Å². The average Bonchev–Trinajstić information content (AvgIpc) is 2.84. The fraction of sp³-hybridized carbons (Fsp3) is 0.471. The highest BCUT2D eigenvalue weighted by Gasteiger charge is 2.14. The van der Waals surface area contributed by atoms with E-state index in [0.717, 1.165) is 43.8 Å². The molecule has 22 heavy (non-hydrogen) atoms. The fourth-order valence-corrected chi connectivity index (χ4v) is 2.93. The highest BCUT2D eigenvalue weighted by atomic mass is 16.5. The number of fused-ring (bicyclic) bond motifs is 1. The molecule has 0 saturated carbocycles. The summed E-state index contributed by atoms with van der Waals surface area (Å²) in [5, 5.41) is 4.13. The lowest BCUT2D eigenvalue weighted by atomic mass is 10.2. The number of carbonyl (C=O) groups excluding carboxylic acids is 1. The van der Waals surface area contributed by atoms with E-state index in [1.54, 1.807) is 0 Å². The van der Waals surface area contributed by atoms with Gasteiger partial charge in [-0.1, -0.05) is 11.6 Å². The molecule has 1 fully saturated rings. The summed E-state index contributed by atoms with van der Waals surface area (Å²) in [7, 11) is 1.94.